The largest absolute Gasteiger partial charge is 0.454 e. The minimum atomic E-state index is -3.38. The summed E-state index contributed by atoms with van der Waals surface area (Å²) in [7, 11) is -1.58. The van der Waals surface area contributed by atoms with Crippen LogP contribution in [0.2, 0.25) is 0 Å². The van der Waals surface area contributed by atoms with Gasteiger partial charge in [-0.3, -0.25) is 4.79 Å². The summed E-state index contributed by atoms with van der Waals surface area (Å²) in [6.07, 6.45) is -0.147. The quantitative estimate of drug-likeness (QED) is 0.635. The maximum Gasteiger partial charge on any atom is 0.249 e. The van der Waals surface area contributed by atoms with Gasteiger partial charge in [-0.05, 0) is 5.56 Å². The van der Waals surface area contributed by atoms with Crippen LogP contribution in [0.15, 0.2) is 47.5 Å². The van der Waals surface area contributed by atoms with E-state index in [2.05, 4.69) is 4.99 Å². The van der Waals surface area contributed by atoms with Gasteiger partial charge in [0.05, 0.1) is 21.7 Å². The molecule has 3 aromatic rings. The van der Waals surface area contributed by atoms with E-state index in [-0.39, 0.29) is 24.7 Å². The number of hydrogen-bond acceptors (Lipinski definition) is 6. The lowest BCUT2D eigenvalue weighted by atomic mass is 10.2. The molecule has 1 aromatic heterocycles. The van der Waals surface area contributed by atoms with Crippen molar-refractivity contribution >= 4 is 37.3 Å². The molecule has 146 valence electrons. The number of nitrogens with zero attached hydrogens (tertiary/aromatic N) is 2. The van der Waals surface area contributed by atoms with Crippen molar-refractivity contribution in [1.29, 1.82) is 0 Å². The summed E-state index contributed by atoms with van der Waals surface area (Å²) in [4.78, 5) is 16.9. The number of hydrogen-bond donors (Lipinski definition) is 0. The van der Waals surface area contributed by atoms with E-state index >= 15 is 0 Å². The van der Waals surface area contributed by atoms with Crippen LogP contribution in [0.1, 0.15) is 12.0 Å². The summed E-state index contributed by atoms with van der Waals surface area (Å²) in [5, 5.41) is 0. The molecule has 1 aliphatic rings. The van der Waals surface area contributed by atoms with E-state index in [1.807, 2.05) is 18.2 Å². The molecule has 2 heterocycles. The molecule has 0 aliphatic carbocycles. The summed E-state index contributed by atoms with van der Waals surface area (Å²) in [5.41, 5.74) is 1.58. The smallest absolute Gasteiger partial charge is 0.249 e. The van der Waals surface area contributed by atoms with Crippen molar-refractivity contribution in [3.8, 4) is 11.5 Å². The van der Waals surface area contributed by atoms with Gasteiger partial charge < -0.3 is 14.0 Å². The molecular formula is C19H18N2O5S2. The van der Waals surface area contributed by atoms with Crippen LogP contribution in [0.25, 0.3) is 10.2 Å². The van der Waals surface area contributed by atoms with Crippen molar-refractivity contribution in [3.63, 3.8) is 0 Å². The molecule has 7 nitrogen and oxygen atoms in total. The zero-order chi connectivity index (χ0) is 19.7. The van der Waals surface area contributed by atoms with E-state index in [0.717, 1.165) is 10.2 Å². The third-order valence-corrected chi connectivity index (χ3v) is 7.07. The Labute approximate surface area is 165 Å². The van der Waals surface area contributed by atoms with Gasteiger partial charge in [0.1, 0.15) is 0 Å². The fourth-order valence-electron chi connectivity index (χ4n) is 2.93. The Morgan fingerprint density at radius 3 is 2.64 bits per heavy atom. The molecule has 0 spiro atoms. The number of aryl methyl sites for hydroxylation is 1. The predicted molar refractivity (Wildman–Crippen MR) is 106 cm³/mol. The summed E-state index contributed by atoms with van der Waals surface area (Å²) in [6, 6.07) is 12.6. The molecular weight excluding hydrogens is 400 g/mol. The molecule has 0 fully saturated rings. The molecule has 4 rings (SSSR count). The Hall–Kier alpha value is -2.65. The Morgan fingerprint density at radius 2 is 1.89 bits per heavy atom. The Morgan fingerprint density at radius 1 is 1.18 bits per heavy atom. The lowest BCUT2D eigenvalue weighted by molar-refractivity contribution is -0.117. The molecule has 0 bridgehead atoms. The lowest BCUT2D eigenvalue weighted by Crippen LogP contribution is -2.16. The minimum Gasteiger partial charge on any atom is -0.454 e. The van der Waals surface area contributed by atoms with Gasteiger partial charge in [-0.15, -0.1) is 0 Å². The molecule has 0 atom stereocenters. The number of amides is 1. The fraction of sp³-hybridized carbons (Fsp3) is 0.263. The summed E-state index contributed by atoms with van der Waals surface area (Å²) in [6.45, 7) is 0.198. The van der Waals surface area contributed by atoms with Crippen LogP contribution in [0.4, 0.5) is 0 Å². The first-order valence-electron chi connectivity index (χ1n) is 8.62. The number of carbonyl (C=O) groups is 1. The third kappa shape index (κ3) is 3.95. The van der Waals surface area contributed by atoms with Crippen LogP contribution in [-0.4, -0.2) is 31.4 Å². The maximum absolute atomic E-state index is 12.3. The minimum absolute atomic E-state index is 0.0800. The molecule has 2 aromatic carbocycles. The summed E-state index contributed by atoms with van der Waals surface area (Å²) in [5.74, 6) is 0.557. The molecule has 1 amide bonds. The number of fused-ring (bicyclic) bond motifs is 2. The number of thiazole rings is 1. The van der Waals surface area contributed by atoms with Gasteiger partial charge >= 0.3 is 0 Å². The highest BCUT2D eigenvalue weighted by atomic mass is 32.2. The van der Waals surface area contributed by atoms with Gasteiger partial charge in [0.25, 0.3) is 0 Å². The van der Waals surface area contributed by atoms with Gasteiger partial charge in [0.2, 0.25) is 12.7 Å². The third-order valence-electron chi connectivity index (χ3n) is 4.38. The fourth-order valence-corrected chi connectivity index (χ4v) is 5.31. The number of benzene rings is 2. The second-order valence-electron chi connectivity index (χ2n) is 6.45. The van der Waals surface area contributed by atoms with E-state index < -0.39 is 15.7 Å². The molecule has 0 saturated heterocycles. The standard InChI is InChI=1S/C19H18N2O5S2/c1-21-14-9-15-16(26-12-25-15)10-17(14)27-19(21)20-18(22)7-8-28(23,24)11-13-5-3-2-4-6-13/h2-6,9-10H,7-8,11-12H2,1H3. The van der Waals surface area contributed by atoms with Crippen LogP contribution >= 0.6 is 11.3 Å². The lowest BCUT2D eigenvalue weighted by Gasteiger charge is -2.03. The summed E-state index contributed by atoms with van der Waals surface area (Å²) >= 11 is 1.34. The Bertz CT molecular complexity index is 1210. The van der Waals surface area contributed by atoms with Crippen molar-refractivity contribution in [2.24, 2.45) is 12.0 Å². The number of carbonyl (C=O) groups excluding carboxylic acids is 1. The predicted octanol–water partition coefficient (Wildman–Crippen LogP) is 2.40. The van der Waals surface area contributed by atoms with E-state index in [1.165, 1.54) is 11.3 Å². The SMILES string of the molecule is Cn1c(=NC(=O)CCS(=O)(=O)Cc2ccccc2)sc2cc3c(cc21)OCO3. The maximum atomic E-state index is 12.3. The molecule has 0 saturated carbocycles. The highest BCUT2D eigenvalue weighted by molar-refractivity contribution is 7.90. The van der Waals surface area contributed by atoms with Gasteiger partial charge in [0.15, 0.2) is 26.1 Å². The number of rotatable bonds is 5. The van der Waals surface area contributed by atoms with Crippen molar-refractivity contribution in [2.45, 2.75) is 12.2 Å². The van der Waals surface area contributed by atoms with Crippen LogP contribution in [-0.2, 0) is 27.4 Å². The van der Waals surface area contributed by atoms with Crippen molar-refractivity contribution in [2.75, 3.05) is 12.5 Å². The first-order valence-corrected chi connectivity index (χ1v) is 11.3. The molecule has 0 N–H and O–H groups in total. The number of ether oxygens (including phenoxy) is 2. The van der Waals surface area contributed by atoms with Gasteiger partial charge in [-0.25, -0.2) is 8.42 Å². The number of aromatic nitrogens is 1. The van der Waals surface area contributed by atoms with E-state index in [1.54, 1.807) is 35.9 Å². The first kappa shape index (κ1) is 18.7. The van der Waals surface area contributed by atoms with Gasteiger partial charge in [0, 0.05) is 25.6 Å². The zero-order valence-electron chi connectivity index (χ0n) is 15.1. The Kier molecular flexibility index (Phi) is 4.94. The molecule has 0 unspecified atom stereocenters. The van der Waals surface area contributed by atoms with Crippen LogP contribution in [0, 0.1) is 0 Å². The molecule has 28 heavy (non-hydrogen) atoms. The average molecular weight is 418 g/mol. The topological polar surface area (TPSA) is 87.0 Å². The van der Waals surface area contributed by atoms with Gasteiger partial charge in [-0.1, -0.05) is 41.7 Å². The average Bonchev–Trinajstić information content (AvgIpc) is 3.23. The first-order chi connectivity index (χ1) is 13.4. The van der Waals surface area contributed by atoms with E-state index in [9.17, 15) is 13.2 Å². The van der Waals surface area contributed by atoms with Crippen LogP contribution in [0.3, 0.4) is 0 Å². The zero-order valence-corrected chi connectivity index (χ0v) is 16.8. The highest BCUT2D eigenvalue weighted by Gasteiger charge is 2.18. The second kappa shape index (κ2) is 7.40. The molecule has 9 heteroatoms. The second-order valence-corrected chi connectivity index (χ2v) is 9.64. The normalized spacial score (nSPS) is 14.0. The van der Waals surface area contributed by atoms with E-state index in [4.69, 9.17) is 9.47 Å². The number of sulfone groups is 1. The molecule has 0 radical (unpaired) electrons. The van der Waals surface area contributed by atoms with Crippen molar-refractivity contribution in [3.05, 3.63) is 52.8 Å². The monoisotopic (exact) mass is 418 g/mol. The van der Waals surface area contributed by atoms with Crippen molar-refractivity contribution in [1.82, 2.24) is 4.57 Å². The van der Waals surface area contributed by atoms with E-state index in [0.29, 0.717) is 21.9 Å². The molecule has 1 aliphatic heterocycles. The Balaban J connectivity index is 1.50. The van der Waals surface area contributed by atoms with Crippen molar-refractivity contribution < 1.29 is 22.7 Å². The van der Waals surface area contributed by atoms with Gasteiger partial charge in [-0.2, -0.15) is 4.99 Å². The highest BCUT2D eigenvalue weighted by Crippen LogP contribution is 2.36. The summed E-state index contributed by atoms with van der Waals surface area (Å²) < 4.78 is 38.0. The van der Waals surface area contributed by atoms with Crippen LogP contribution in [0.5, 0.6) is 11.5 Å². The van der Waals surface area contributed by atoms with Crippen LogP contribution < -0.4 is 14.3 Å².